The average molecular weight is 308 g/mol. The molecule has 1 aliphatic carbocycles. The minimum atomic E-state index is -0.453. The lowest BCUT2D eigenvalue weighted by molar-refractivity contribution is 0.0991. The lowest BCUT2D eigenvalue weighted by Crippen LogP contribution is -2.15. The van der Waals surface area contributed by atoms with E-state index in [1.54, 1.807) is 12.1 Å². The summed E-state index contributed by atoms with van der Waals surface area (Å²) < 4.78 is 0. The van der Waals surface area contributed by atoms with Crippen molar-refractivity contribution in [3.63, 3.8) is 0 Å². The summed E-state index contributed by atoms with van der Waals surface area (Å²) in [7, 11) is 0. The van der Waals surface area contributed by atoms with E-state index < -0.39 is 11.8 Å². The zero-order valence-corrected chi connectivity index (χ0v) is 13.1. The molecule has 0 spiro atoms. The number of aryl methyl sites for hydroxylation is 1. The Morgan fingerprint density at radius 1 is 1.04 bits per heavy atom. The van der Waals surface area contributed by atoms with Crippen LogP contribution in [0.5, 0.6) is 0 Å². The maximum atomic E-state index is 11.8. The highest BCUT2D eigenvalue weighted by Gasteiger charge is 2.24. The van der Waals surface area contributed by atoms with Crippen LogP contribution in [-0.2, 0) is 6.42 Å². The normalized spacial score (nSPS) is 13.8. The molecule has 4 heteroatoms. The number of hydrogen-bond acceptors (Lipinski definition) is 2. The third kappa shape index (κ3) is 3.26. The second kappa shape index (κ2) is 5.88. The number of nitrogens with two attached hydrogens (primary N) is 2. The number of primary amides is 2. The number of carbonyl (C=O) groups is 2. The van der Waals surface area contributed by atoms with E-state index in [0.29, 0.717) is 17.0 Å². The maximum absolute atomic E-state index is 11.8. The van der Waals surface area contributed by atoms with Gasteiger partial charge in [0.15, 0.2) is 0 Å². The molecule has 1 saturated carbocycles. The second-order valence-corrected chi connectivity index (χ2v) is 6.28. The molecule has 3 rings (SSSR count). The summed E-state index contributed by atoms with van der Waals surface area (Å²) in [5.41, 5.74) is 15.9. The van der Waals surface area contributed by atoms with Gasteiger partial charge in [-0.2, -0.15) is 0 Å². The second-order valence-electron chi connectivity index (χ2n) is 6.28. The summed E-state index contributed by atoms with van der Waals surface area (Å²) in [4.78, 5) is 23.0. The van der Waals surface area contributed by atoms with Crippen LogP contribution in [0.1, 0.15) is 44.7 Å². The van der Waals surface area contributed by atoms with Crippen molar-refractivity contribution in [2.24, 2.45) is 17.4 Å². The van der Waals surface area contributed by atoms with Gasteiger partial charge < -0.3 is 11.5 Å². The molecule has 4 nitrogen and oxygen atoms in total. The SMILES string of the molecule is Cc1cc(CC2CC2)c(C(N)=O)cc1-c1ccc(C(N)=O)cc1. The first-order chi connectivity index (χ1) is 11.0. The average Bonchev–Trinajstić information content (AvgIpc) is 3.31. The Balaban J connectivity index is 2.02. The minimum absolute atomic E-state index is 0.393. The Morgan fingerprint density at radius 3 is 2.22 bits per heavy atom. The predicted octanol–water partition coefficient (Wildman–Crippen LogP) is 2.81. The van der Waals surface area contributed by atoms with Gasteiger partial charge in [-0.25, -0.2) is 0 Å². The van der Waals surface area contributed by atoms with E-state index in [9.17, 15) is 9.59 Å². The van der Waals surface area contributed by atoms with Crippen LogP contribution in [0.25, 0.3) is 11.1 Å². The molecule has 2 amide bonds. The summed E-state index contributed by atoms with van der Waals surface area (Å²) in [5, 5.41) is 0. The molecule has 2 aromatic carbocycles. The summed E-state index contributed by atoms with van der Waals surface area (Å²) in [6, 6.07) is 11.0. The number of benzene rings is 2. The van der Waals surface area contributed by atoms with E-state index in [2.05, 4.69) is 6.07 Å². The molecule has 1 aliphatic rings. The standard InChI is InChI=1S/C19H20N2O2/c1-11-8-15(9-12-2-3-12)17(19(21)23)10-16(11)13-4-6-14(7-5-13)18(20)22/h4-8,10,12H,2-3,9H2,1H3,(H2,20,22)(H2,21,23). The van der Waals surface area contributed by atoms with Crippen molar-refractivity contribution in [2.75, 3.05) is 0 Å². The molecule has 118 valence electrons. The van der Waals surface area contributed by atoms with Crippen LogP contribution >= 0.6 is 0 Å². The Morgan fingerprint density at radius 2 is 1.70 bits per heavy atom. The quantitative estimate of drug-likeness (QED) is 0.890. The van der Waals surface area contributed by atoms with Crippen LogP contribution in [0.4, 0.5) is 0 Å². The number of amides is 2. The van der Waals surface area contributed by atoms with Crippen molar-refractivity contribution >= 4 is 11.8 Å². The zero-order valence-electron chi connectivity index (χ0n) is 13.1. The Hall–Kier alpha value is -2.62. The van der Waals surface area contributed by atoms with Crippen molar-refractivity contribution in [1.29, 1.82) is 0 Å². The van der Waals surface area contributed by atoms with Gasteiger partial charge >= 0.3 is 0 Å². The predicted molar refractivity (Wildman–Crippen MR) is 90.1 cm³/mol. The Bertz CT molecular complexity index is 775. The number of carbonyl (C=O) groups excluding carboxylic acids is 2. The van der Waals surface area contributed by atoms with Crippen molar-refractivity contribution in [3.05, 3.63) is 58.7 Å². The minimum Gasteiger partial charge on any atom is -0.366 e. The third-order valence-electron chi connectivity index (χ3n) is 4.40. The number of hydrogen-bond donors (Lipinski definition) is 2. The molecule has 23 heavy (non-hydrogen) atoms. The van der Waals surface area contributed by atoms with Gasteiger partial charge in [0, 0.05) is 11.1 Å². The van der Waals surface area contributed by atoms with Gasteiger partial charge in [0.05, 0.1) is 0 Å². The summed E-state index contributed by atoms with van der Waals surface area (Å²) in [6.45, 7) is 2.03. The van der Waals surface area contributed by atoms with Crippen molar-refractivity contribution in [1.82, 2.24) is 0 Å². The summed E-state index contributed by atoms with van der Waals surface area (Å²) in [5.74, 6) is -0.158. The molecular formula is C19H20N2O2. The van der Waals surface area contributed by atoms with Crippen molar-refractivity contribution in [2.45, 2.75) is 26.2 Å². The van der Waals surface area contributed by atoms with Crippen LogP contribution in [0.2, 0.25) is 0 Å². The highest BCUT2D eigenvalue weighted by atomic mass is 16.1. The maximum Gasteiger partial charge on any atom is 0.248 e. The van der Waals surface area contributed by atoms with E-state index in [4.69, 9.17) is 11.5 Å². The summed E-state index contributed by atoms with van der Waals surface area (Å²) in [6.07, 6.45) is 3.38. The van der Waals surface area contributed by atoms with Gasteiger partial charge in [-0.05, 0) is 72.6 Å². The van der Waals surface area contributed by atoms with Crippen LogP contribution in [0.3, 0.4) is 0 Å². The van der Waals surface area contributed by atoms with Crippen molar-refractivity contribution < 1.29 is 9.59 Å². The molecule has 0 aliphatic heterocycles. The molecule has 0 saturated heterocycles. The number of rotatable bonds is 5. The van der Waals surface area contributed by atoms with Gasteiger partial charge in [0.25, 0.3) is 0 Å². The van der Waals surface area contributed by atoms with E-state index >= 15 is 0 Å². The molecule has 0 bridgehead atoms. The van der Waals surface area contributed by atoms with E-state index in [1.807, 2.05) is 25.1 Å². The van der Waals surface area contributed by atoms with E-state index in [-0.39, 0.29) is 0 Å². The molecule has 4 N–H and O–H groups in total. The zero-order chi connectivity index (χ0) is 16.6. The first-order valence-electron chi connectivity index (χ1n) is 7.79. The van der Waals surface area contributed by atoms with Gasteiger partial charge in [-0.1, -0.05) is 18.2 Å². The molecule has 0 atom stereocenters. The molecule has 0 heterocycles. The van der Waals surface area contributed by atoms with Crippen LogP contribution < -0.4 is 11.5 Å². The van der Waals surface area contributed by atoms with E-state index in [0.717, 1.165) is 28.7 Å². The molecule has 0 radical (unpaired) electrons. The first kappa shape index (κ1) is 15.3. The van der Waals surface area contributed by atoms with Crippen LogP contribution in [0.15, 0.2) is 36.4 Å². The molecule has 0 unspecified atom stereocenters. The van der Waals surface area contributed by atoms with Crippen LogP contribution in [-0.4, -0.2) is 11.8 Å². The van der Waals surface area contributed by atoms with Gasteiger partial charge in [0.2, 0.25) is 11.8 Å². The van der Waals surface area contributed by atoms with Gasteiger partial charge in [-0.15, -0.1) is 0 Å². The lowest BCUT2D eigenvalue weighted by atomic mass is 9.91. The lowest BCUT2D eigenvalue weighted by Gasteiger charge is -2.13. The van der Waals surface area contributed by atoms with Crippen LogP contribution in [0, 0.1) is 12.8 Å². The molecule has 0 aromatic heterocycles. The van der Waals surface area contributed by atoms with Gasteiger partial charge in [0.1, 0.15) is 0 Å². The Labute approximate surface area is 135 Å². The fourth-order valence-corrected chi connectivity index (χ4v) is 2.92. The Kier molecular flexibility index (Phi) is 3.90. The molecular weight excluding hydrogens is 288 g/mol. The first-order valence-corrected chi connectivity index (χ1v) is 7.79. The van der Waals surface area contributed by atoms with Gasteiger partial charge in [-0.3, -0.25) is 9.59 Å². The smallest absolute Gasteiger partial charge is 0.248 e. The monoisotopic (exact) mass is 308 g/mol. The largest absolute Gasteiger partial charge is 0.366 e. The summed E-state index contributed by atoms with van der Waals surface area (Å²) >= 11 is 0. The molecule has 1 fully saturated rings. The highest BCUT2D eigenvalue weighted by Crippen LogP contribution is 2.35. The fourth-order valence-electron chi connectivity index (χ4n) is 2.92. The third-order valence-corrected chi connectivity index (χ3v) is 4.40. The highest BCUT2D eigenvalue weighted by molar-refractivity contribution is 5.96. The topological polar surface area (TPSA) is 86.2 Å². The fraction of sp³-hybridized carbons (Fsp3) is 0.263. The van der Waals surface area contributed by atoms with Crippen molar-refractivity contribution in [3.8, 4) is 11.1 Å². The van der Waals surface area contributed by atoms with E-state index in [1.165, 1.54) is 12.8 Å². The molecule has 2 aromatic rings.